The number of carboxylic acid groups (broad SMARTS) is 1. The van der Waals surface area contributed by atoms with Crippen molar-refractivity contribution >= 4 is 29.2 Å². The molecule has 0 spiro atoms. The monoisotopic (exact) mass is 385 g/mol. The van der Waals surface area contributed by atoms with Gasteiger partial charge in [-0.15, -0.1) is 0 Å². The molecule has 0 saturated heterocycles. The van der Waals surface area contributed by atoms with Crippen molar-refractivity contribution in [3.8, 4) is 11.5 Å². The smallest absolute Gasteiger partial charge is 0.307 e. The number of carbonyl (C=O) groups is 2. The fraction of sp³-hybridized carbons (Fsp3) is 0.333. The summed E-state index contributed by atoms with van der Waals surface area (Å²) in [7, 11) is 0. The Morgan fingerprint density at radius 2 is 1.48 bits per heavy atom. The summed E-state index contributed by atoms with van der Waals surface area (Å²) < 4.78 is 5.73. The molecule has 2 saturated carbocycles. The first-order valence-electron chi connectivity index (χ1n) is 9.08. The van der Waals surface area contributed by atoms with Crippen molar-refractivity contribution in [1.29, 1.82) is 0 Å². The number of amides is 1. The molecule has 0 aromatic heterocycles. The van der Waals surface area contributed by atoms with Crippen LogP contribution in [0, 0.1) is 23.7 Å². The number of halogens is 1. The third-order valence-electron chi connectivity index (χ3n) is 5.68. The molecule has 5 nitrogen and oxygen atoms in total. The standard InChI is InChI=1S/C21H20ClNO4/c22-14-3-7-16(8-4-14)27-17-9-5-15(6-10-17)23-20(24)18-12-1-2-13(11-12)19(18)21(25)26/h3-10,12-13,18-19H,1-2,11H2,(H,23,24)(H,25,26)/t12-,13+,18+,19+/m1/s1. The van der Waals surface area contributed by atoms with Gasteiger partial charge >= 0.3 is 5.97 Å². The van der Waals surface area contributed by atoms with Crippen LogP contribution in [0.3, 0.4) is 0 Å². The highest BCUT2D eigenvalue weighted by molar-refractivity contribution is 6.30. The summed E-state index contributed by atoms with van der Waals surface area (Å²) in [4.78, 5) is 24.3. The first-order valence-corrected chi connectivity index (χ1v) is 9.46. The molecular weight excluding hydrogens is 366 g/mol. The molecule has 0 heterocycles. The van der Waals surface area contributed by atoms with Crippen LogP contribution in [0.1, 0.15) is 19.3 Å². The molecular formula is C21H20ClNO4. The number of nitrogens with one attached hydrogen (secondary N) is 1. The van der Waals surface area contributed by atoms with Gasteiger partial charge in [-0.3, -0.25) is 9.59 Å². The van der Waals surface area contributed by atoms with Crippen LogP contribution in [0.4, 0.5) is 5.69 Å². The summed E-state index contributed by atoms with van der Waals surface area (Å²) in [5.74, 6) is -0.416. The number of carboxylic acids is 1. The van der Waals surface area contributed by atoms with Crippen LogP contribution < -0.4 is 10.1 Å². The molecule has 0 radical (unpaired) electrons. The normalized spacial score (nSPS) is 26.0. The number of hydrogen-bond donors (Lipinski definition) is 2. The van der Waals surface area contributed by atoms with Crippen LogP contribution in [0.2, 0.25) is 5.02 Å². The summed E-state index contributed by atoms with van der Waals surface area (Å²) in [6.07, 6.45) is 2.71. The lowest BCUT2D eigenvalue weighted by Gasteiger charge is -2.27. The van der Waals surface area contributed by atoms with Crippen molar-refractivity contribution in [2.24, 2.45) is 23.7 Å². The molecule has 2 aliphatic rings. The van der Waals surface area contributed by atoms with Crippen molar-refractivity contribution in [1.82, 2.24) is 0 Å². The highest BCUT2D eigenvalue weighted by Gasteiger charge is 2.53. The fourth-order valence-electron chi connectivity index (χ4n) is 4.49. The second-order valence-electron chi connectivity index (χ2n) is 7.29. The van der Waals surface area contributed by atoms with E-state index in [1.807, 2.05) is 0 Å². The van der Waals surface area contributed by atoms with Gasteiger partial charge in [0.15, 0.2) is 0 Å². The predicted molar refractivity (Wildman–Crippen MR) is 102 cm³/mol. The Labute approximate surface area is 162 Å². The third kappa shape index (κ3) is 3.65. The van der Waals surface area contributed by atoms with Gasteiger partial charge in [-0.05, 0) is 79.6 Å². The molecule has 4 rings (SSSR count). The number of fused-ring (bicyclic) bond motifs is 2. The van der Waals surface area contributed by atoms with E-state index in [1.165, 1.54) is 0 Å². The summed E-state index contributed by atoms with van der Waals surface area (Å²) in [5, 5.41) is 13.0. The van der Waals surface area contributed by atoms with Gasteiger partial charge < -0.3 is 15.2 Å². The molecule has 2 N–H and O–H groups in total. The minimum absolute atomic E-state index is 0.137. The molecule has 2 bridgehead atoms. The van der Waals surface area contributed by atoms with E-state index < -0.39 is 17.8 Å². The zero-order valence-electron chi connectivity index (χ0n) is 14.6. The minimum atomic E-state index is -0.853. The van der Waals surface area contributed by atoms with Gasteiger partial charge in [0.05, 0.1) is 11.8 Å². The lowest BCUT2D eigenvalue weighted by Crippen LogP contribution is -2.37. The first-order chi connectivity index (χ1) is 13.0. The zero-order chi connectivity index (χ0) is 19.0. The van der Waals surface area contributed by atoms with Gasteiger partial charge in [0.2, 0.25) is 5.91 Å². The molecule has 0 aliphatic heterocycles. The van der Waals surface area contributed by atoms with Gasteiger partial charge in [0.25, 0.3) is 0 Å². The molecule has 140 valence electrons. The Balaban J connectivity index is 1.41. The van der Waals surface area contributed by atoms with E-state index in [-0.39, 0.29) is 17.7 Å². The first kappa shape index (κ1) is 17.9. The number of aliphatic carboxylic acids is 1. The molecule has 1 amide bonds. The number of rotatable bonds is 5. The van der Waals surface area contributed by atoms with E-state index in [2.05, 4.69) is 5.32 Å². The summed E-state index contributed by atoms with van der Waals surface area (Å²) in [6.45, 7) is 0. The van der Waals surface area contributed by atoms with Crippen LogP contribution in [0.15, 0.2) is 48.5 Å². The number of benzene rings is 2. The van der Waals surface area contributed by atoms with E-state index in [1.54, 1.807) is 48.5 Å². The van der Waals surface area contributed by atoms with Crippen molar-refractivity contribution in [3.05, 3.63) is 53.6 Å². The van der Waals surface area contributed by atoms with Gasteiger partial charge in [-0.1, -0.05) is 11.6 Å². The van der Waals surface area contributed by atoms with Gasteiger partial charge in [-0.2, -0.15) is 0 Å². The molecule has 4 atom stereocenters. The van der Waals surface area contributed by atoms with Crippen molar-refractivity contribution in [3.63, 3.8) is 0 Å². The van der Waals surface area contributed by atoms with Gasteiger partial charge in [0, 0.05) is 10.7 Å². The Morgan fingerprint density at radius 1 is 0.926 bits per heavy atom. The Hall–Kier alpha value is -2.53. The summed E-state index contributed by atoms with van der Waals surface area (Å²) in [6, 6.07) is 14.1. The molecule has 2 aliphatic carbocycles. The highest BCUT2D eigenvalue weighted by Crippen LogP contribution is 2.52. The lowest BCUT2D eigenvalue weighted by atomic mass is 9.78. The van der Waals surface area contributed by atoms with E-state index in [9.17, 15) is 14.7 Å². The van der Waals surface area contributed by atoms with Gasteiger partial charge in [0.1, 0.15) is 11.5 Å². The average molecular weight is 386 g/mol. The lowest BCUT2D eigenvalue weighted by molar-refractivity contribution is -0.148. The van der Waals surface area contributed by atoms with Crippen LogP contribution in [0.25, 0.3) is 0 Å². The molecule has 6 heteroatoms. The number of hydrogen-bond acceptors (Lipinski definition) is 3. The van der Waals surface area contributed by atoms with Crippen molar-refractivity contribution in [2.45, 2.75) is 19.3 Å². The second-order valence-corrected chi connectivity index (χ2v) is 7.73. The molecule has 2 aromatic carbocycles. The quantitative estimate of drug-likeness (QED) is 0.773. The minimum Gasteiger partial charge on any atom is -0.481 e. The van der Waals surface area contributed by atoms with Crippen LogP contribution >= 0.6 is 11.6 Å². The van der Waals surface area contributed by atoms with Gasteiger partial charge in [-0.25, -0.2) is 0 Å². The number of anilines is 1. The molecule has 2 fully saturated rings. The number of carbonyl (C=O) groups excluding carboxylic acids is 1. The van der Waals surface area contributed by atoms with Crippen LogP contribution in [0.5, 0.6) is 11.5 Å². The van der Waals surface area contributed by atoms with Crippen molar-refractivity contribution in [2.75, 3.05) is 5.32 Å². The van der Waals surface area contributed by atoms with E-state index >= 15 is 0 Å². The maximum Gasteiger partial charge on any atom is 0.307 e. The fourth-order valence-corrected chi connectivity index (χ4v) is 4.62. The van der Waals surface area contributed by atoms with Crippen molar-refractivity contribution < 1.29 is 19.4 Å². The Bertz CT molecular complexity index is 849. The highest BCUT2D eigenvalue weighted by atomic mass is 35.5. The summed E-state index contributed by atoms with van der Waals surface area (Å²) in [5.41, 5.74) is 0.635. The second kappa shape index (κ2) is 7.24. The molecule has 0 unspecified atom stereocenters. The summed E-state index contributed by atoms with van der Waals surface area (Å²) >= 11 is 5.86. The van der Waals surface area contributed by atoms with E-state index in [0.717, 1.165) is 19.3 Å². The maximum atomic E-state index is 12.7. The van der Waals surface area contributed by atoms with Crippen LogP contribution in [-0.4, -0.2) is 17.0 Å². The SMILES string of the molecule is O=C(O)[C@H]1[C@H]2CC[C@H](C2)[C@@H]1C(=O)Nc1ccc(Oc2ccc(Cl)cc2)cc1. The Kier molecular flexibility index (Phi) is 4.79. The van der Waals surface area contributed by atoms with Crippen LogP contribution in [-0.2, 0) is 9.59 Å². The van der Waals surface area contributed by atoms with E-state index in [4.69, 9.17) is 16.3 Å². The zero-order valence-corrected chi connectivity index (χ0v) is 15.4. The molecule has 27 heavy (non-hydrogen) atoms. The molecule has 2 aromatic rings. The average Bonchev–Trinajstić information content (AvgIpc) is 3.26. The number of ether oxygens (including phenoxy) is 1. The third-order valence-corrected chi connectivity index (χ3v) is 5.93. The topological polar surface area (TPSA) is 75.6 Å². The largest absolute Gasteiger partial charge is 0.481 e. The Morgan fingerprint density at radius 3 is 2.07 bits per heavy atom. The van der Waals surface area contributed by atoms with E-state index in [0.29, 0.717) is 22.2 Å². The maximum absolute atomic E-state index is 12.7. The predicted octanol–water partition coefficient (Wildman–Crippen LogP) is 4.82.